The summed E-state index contributed by atoms with van der Waals surface area (Å²) in [6.45, 7) is 0. The Kier molecular flexibility index (Phi) is 2.77. The molecule has 0 saturated heterocycles. The van der Waals surface area contributed by atoms with Crippen molar-refractivity contribution in [3.8, 4) is 5.82 Å². The van der Waals surface area contributed by atoms with Crippen LogP contribution in [-0.2, 0) is 0 Å². The monoisotopic (exact) mass is 272 g/mol. The normalized spacial score (nSPS) is 10.9. The van der Waals surface area contributed by atoms with E-state index in [-0.39, 0.29) is 5.69 Å². The lowest BCUT2D eigenvalue weighted by molar-refractivity contribution is 0.142. The van der Waals surface area contributed by atoms with Gasteiger partial charge in [-0.3, -0.25) is 0 Å². The maximum atomic E-state index is 12.5. The fraction of sp³-hybridized carbons (Fsp3) is 0.111. The van der Waals surface area contributed by atoms with Crippen LogP contribution in [0.25, 0.3) is 5.82 Å². The highest BCUT2D eigenvalue weighted by Gasteiger charge is 2.16. The van der Waals surface area contributed by atoms with Crippen LogP contribution in [0.3, 0.4) is 0 Å². The molecule has 1 radical (unpaired) electrons. The first-order chi connectivity index (χ1) is 7.20. The topological polar surface area (TPSA) is 30.7 Å². The van der Waals surface area contributed by atoms with Crippen molar-refractivity contribution in [2.45, 2.75) is 6.43 Å². The molecule has 0 aromatic carbocycles. The van der Waals surface area contributed by atoms with Crippen molar-refractivity contribution in [3.05, 3.63) is 40.8 Å². The van der Waals surface area contributed by atoms with Crippen molar-refractivity contribution >= 4 is 15.9 Å². The summed E-state index contributed by atoms with van der Waals surface area (Å²) in [4.78, 5) is 3.96. The van der Waals surface area contributed by atoms with E-state index < -0.39 is 6.43 Å². The lowest BCUT2D eigenvalue weighted by atomic mass is 10.4. The van der Waals surface area contributed by atoms with Crippen molar-refractivity contribution in [3.63, 3.8) is 0 Å². The van der Waals surface area contributed by atoms with Crippen LogP contribution in [0, 0.1) is 6.07 Å². The molecular formula is C9H5BrF2N3. The molecule has 0 unspecified atom stereocenters. The molecule has 2 aromatic heterocycles. The van der Waals surface area contributed by atoms with Gasteiger partial charge in [0, 0.05) is 12.3 Å². The summed E-state index contributed by atoms with van der Waals surface area (Å²) in [5, 5.41) is 3.76. The van der Waals surface area contributed by atoms with E-state index in [2.05, 4.69) is 32.1 Å². The van der Waals surface area contributed by atoms with Crippen LogP contribution in [0.2, 0.25) is 0 Å². The Bertz CT molecular complexity index is 470. The number of halogens is 3. The number of hydrogen-bond acceptors (Lipinski definition) is 2. The van der Waals surface area contributed by atoms with Crippen molar-refractivity contribution in [2.24, 2.45) is 0 Å². The maximum absolute atomic E-state index is 12.5. The zero-order chi connectivity index (χ0) is 10.8. The standard InChI is InChI=1S/C9H5BrF2N3/c10-6-2-1-4-13-9(6)15-7(8(11)12)3-5-14-15/h1-2,4-5,8H. The van der Waals surface area contributed by atoms with Crippen LogP contribution in [0.5, 0.6) is 0 Å². The van der Waals surface area contributed by atoms with Crippen LogP contribution in [0.15, 0.2) is 29.0 Å². The van der Waals surface area contributed by atoms with E-state index in [1.165, 1.54) is 12.4 Å². The summed E-state index contributed by atoms with van der Waals surface area (Å²) >= 11 is 3.22. The highest BCUT2D eigenvalue weighted by atomic mass is 79.9. The summed E-state index contributed by atoms with van der Waals surface area (Å²) < 4.78 is 26.8. The van der Waals surface area contributed by atoms with E-state index in [4.69, 9.17) is 0 Å². The van der Waals surface area contributed by atoms with Gasteiger partial charge in [0.2, 0.25) is 0 Å². The summed E-state index contributed by atoms with van der Waals surface area (Å²) in [5.74, 6) is 0.328. The molecule has 0 spiro atoms. The molecular weight excluding hydrogens is 268 g/mol. The molecule has 0 aliphatic rings. The zero-order valence-electron chi connectivity index (χ0n) is 7.36. The molecule has 2 heterocycles. The van der Waals surface area contributed by atoms with Crippen LogP contribution in [-0.4, -0.2) is 14.8 Å². The smallest absolute Gasteiger partial charge is 0.236 e. The third-order valence-corrected chi connectivity index (χ3v) is 2.38. The SMILES string of the molecule is FC(F)c1[c]cnn1-c1ncccc1Br. The van der Waals surface area contributed by atoms with Gasteiger partial charge in [0.25, 0.3) is 6.43 Å². The highest BCUT2D eigenvalue weighted by Crippen LogP contribution is 2.23. The average molecular weight is 273 g/mol. The Balaban J connectivity index is 2.55. The second kappa shape index (κ2) is 4.06. The second-order valence-electron chi connectivity index (χ2n) is 2.70. The maximum Gasteiger partial charge on any atom is 0.281 e. The van der Waals surface area contributed by atoms with Crippen molar-refractivity contribution in [1.29, 1.82) is 0 Å². The zero-order valence-corrected chi connectivity index (χ0v) is 8.95. The van der Waals surface area contributed by atoms with Gasteiger partial charge in [0.05, 0.1) is 10.7 Å². The Morgan fingerprint density at radius 3 is 2.93 bits per heavy atom. The number of hydrogen-bond donors (Lipinski definition) is 0. The van der Waals surface area contributed by atoms with Gasteiger partial charge < -0.3 is 0 Å². The quantitative estimate of drug-likeness (QED) is 0.842. The van der Waals surface area contributed by atoms with Gasteiger partial charge in [-0.1, -0.05) is 0 Å². The first-order valence-electron chi connectivity index (χ1n) is 4.05. The molecule has 3 nitrogen and oxygen atoms in total. The van der Waals surface area contributed by atoms with E-state index in [1.54, 1.807) is 12.1 Å². The number of rotatable bonds is 2. The molecule has 2 aromatic rings. The van der Waals surface area contributed by atoms with Gasteiger partial charge >= 0.3 is 0 Å². The van der Waals surface area contributed by atoms with E-state index in [9.17, 15) is 8.78 Å². The first kappa shape index (κ1) is 10.2. The van der Waals surface area contributed by atoms with Gasteiger partial charge in [-0.25, -0.2) is 18.4 Å². The van der Waals surface area contributed by atoms with Crippen LogP contribution in [0.4, 0.5) is 8.78 Å². The molecule has 2 rings (SSSR count). The average Bonchev–Trinajstić information content (AvgIpc) is 2.67. The van der Waals surface area contributed by atoms with Gasteiger partial charge in [0.15, 0.2) is 5.82 Å². The van der Waals surface area contributed by atoms with Crippen LogP contribution >= 0.6 is 15.9 Å². The lowest BCUT2D eigenvalue weighted by Crippen LogP contribution is -2.05. The third-order valence-electron chi connectivity index (χ3n) is 1.76. The van der Waals surface area contributed by atoms with E-state index >= 15 is 0 Å². The van der Waals surface area contributed by atoms with E-state index in [0.717, 1.165) is 4.68 Å². The Morgan fingerprint density at radius 1 is 1.47 bits per heavy atom. The van der Waals surface area contributed by atoms with Gasteiger partial charge in [0.1, 0.15) is 5.69 Å². The van der Waals surface area contributed by atoms with Crippen molar-refractivity contribution in [2.75, 3.05) is 0 Å². The highest BCUT2D eigenvalue weighted by molar-refractivity contribution is 9.10. The first-order valence-corrected chi connectivity index (χ1v) is 4.84. The van der Waals surface area contributed by atoms with Gasteiger partial charge in [-0.15, -0.1) is 0 Å². The summed E-state index contributed by atoms with van der Waals surface area (Å²) in [7, 11) is 0. The largest absolute Gasteiger partial charge is 0.281 e. The minimum atomic E-state index is -2.62. The molecule has 0 atom stereocenters. The molecule has 0 fully saturated rings. The molecule has 0 N–H and O–H groups in total. The Labute approximate surface area is 92.9 Å². The summed E-state index contributed by atoms with van der Waals surface area (Å²) in [6.07, 6.45) is 0.0843. The van der Waals surface area contributed by atoms with Crippen LogP contribution < -0.4 is 0 Å². The number of pyridine rings is 1. The summed E-state index contributed by atoms with van der Waals surface area (Å²) in [6, 6.07) is 5.78. The lowest BCUT2D eigenvalue weighted by Gasteiger charge is -2.06. The fourth-order valence-corrected chi connectivity index (χ4v) is 1.56. The molecule has 0 aliphatic heterocycles. The van der Waals surface area contributed by atoms with Crippen molar-refractivity contribution in [1.82, 2.24) is 14.8 Å². The van der Waals surface area contributed by atoms with E-state index in [0.29, 0.717) is 10.3 Å². The van der Waals surface area contributed by atoms with Gasteiger partial charge in [-0.05, 0) is 28.1 Å². The molecule has 77 valence electrons. The fourth-order valence-electron chi connectivity index (χ4n) is 1.13. The molecule has 6 heteroatoms. The molecule has 0 amide bonds. The molecule has 15 heavy (non-hydrogen) atoms. The Morgan fingerprint density at radius 2 is 2.27 bits per heavy atom. The molecule has 0 aliphatic carbocycles. The number of nitrogens with zero attached hydrogens (tertiary/aromatic N) is 3. The molecule has 0 bridgehead atoms. The van der Waals surface area contributed by atoms with E-state index in [1.807, 2.05) is 0 Å². The minimum absolute atomic E-state index is 0.297. The van der Waals surface area contributed by atoms with Gasteiger partial charge in [-0.2, -0.15) is 5.10 Å². The summed E-state index contributed by atoms with van der Waals surface area (Å²) in [5.41, 5.74) is -0.297. The predicted molar refractivity (Wildman–Crippen MR) is 52.9 cm³/mol. The van der Waals surface area contributed by atoms with Crippen molar-refractivity contribution < 1.29 is 8.78 Å². The molecule has 0 saturated carbocycles. The minimum Gasteiger partial charge on any atom is -0.236 e. The second-order valence-corrected chi connectivity index (χ2v) is 3.55. The number of alkyl halides is 2. The predicted octanol–water partition coefficient (Wildman–Crippen LogP) is 2.77. The van der Waals surface area contributed by atoms with Crippen LogP contribution in [0.1, 0.15) is 12.1 Å². The Hall–Kier alpha value is -1.30. The third kappa shape index (κ3) is 1.90. The number of aromatic nitrogens is 3.